The second kappa shape index (κ2) is 5.90. The van der Waals surface area contributed by atoms with Gasteiger partial charge in [-0.1, -0.05) is 6.07 Å². The Morgan fingerprint density at radius 1 is 1.35 bits per heavy atom. The third-order valence-corrected chi connectivity index (χ3v) is 2.47. The first kappa shape index (κ1) is 12.2. The monoisotopic (exact) mass is 297 g/mol. The third-order valence-electron chi connectivity index (χ3n) is 2.03. The van der Waals surface area contributed by atoms with Gasteiger partial charge in [-0.25, -0.2) is 9.67 Å². The maximum Gasteiger partial charge on any atom is 0.154 e. The van der Waals surface area contributed by atoms with Crippen molar-refractivity contribution in [2.75, 3.05) is 13.9 Å². The molecule has 0 unspecified atom stereocenters. The minimum Gasteiger partial charge on any atom is -0.359 e. The number of ether oxygens (including phenoxy) is 2. The molecule has 90 valence electrons. The summed E-state index contributed by atoms with van der Waals surface area (Å²) >= 11 is 3.32. The van der Waals surface area contributed by atoms with Crippen LogP contribution in [0.25, 0.3) is 5.82 Å². The molecule has 0 amide bonds. The molecule has 0 aliphatic rings. The number of halogens is 1. The zero-order valence-corrected chi connectivity index (χ0v) is 10.9. The Morgan fingerprint density at radius 3 is 3.00 bits per heavy atom. The first-order valence-corrected chi connectivity index (χ1v) is 5.83. The lowest BCUT2D eigenvalue weighted by Gasteiger charge is -2.01. The fourth-order valence-electron chi connectivity index (χ4n) is 1.32. The van der Waals surface area contributed by atoms with Crippen molar-refractivity contribution in [3.05, 3.63) is 40.8 Å². The number of hydrogen-bond acceptors (Lipinski definition) is 4. The van der Waals surface area contributed by atoms with Crippen molar-refractivity contribution in [1.29, 1.82) is 0 Å². The van der Waals surface area contributed by atoms with E-state index < -0.39 is 0 Å². The SMILES string of the molecule is COCOCc1ccn(-c2cccc(Br)n2)n1. The molecule has 0 saturated heterocycles. The molecule has 0 fully saturated rings. The van der Waals surface area contributed by atoms with Crippen molar-refractivity contribution in [3.63, 3.8) is 0 Å². The molecule has 17 heavy (non-hydrogen) atoms. The van der Waals surface area contributed by atoms with Crippen molar-refractivity contribution in [3.8, 4) is 5.82 Å². The lowest BCUT2D eigenvalue weighted by Crippen LogP contribution is -2.01. The molecule has 0 aromatic carbocycles. The van der Waals surface area contributed by atoms with Crippen LogP contribution in [0.5, 0.6) is 0 Å². The van der Waals surface area contributed by atoms with Gasteiger partial charge in [0.25, 0.3) is 0 Å². The van der Waals surface area contributed by atoms with E-state index >= 15 is 0 Å². The van der Waals surface area contributed by atoms with Crippen LogP contribution in [-0.2, 0) is 16.1 Å². The molecule has 0 spiro atoms. The average molecular weight is 298 g/mol. The summed E-state index contributed by atoms with van der Waals surface area (Å²) in [5.41, 5.74) is 0.837. The normalized spacial score (nSPS) is 10.7. The van der Waals surface area contributed by atoms with Gasteiger partial charge in [-0.3, -0.25) is 0 Å². The molecule has 2 heterocycles. The van der Waals surface area contributed by atoms with E-state index in [1.54, 1.807) is 11.8 Å². The second-order valence-corrected chi connectivity index (χ2v) is 4.14. The molecule has 5 nitrogen and oxygen atoms in total. The highest BCUT2D eigenvalue weighted by Crippen LogP contribution is 2.10. The highest BCUT2D eigenvalue weighted by atomic mass is 79.9. The van der Waals surface area contributed by atoms with E-state index in [-0.39, 0.29) is 6.79 Å². The molecule has 0 aliphatic heterocycles. The van der Waals surface area contributed by atoms with Gasteiger partial charge in [0.2, 0.25) is 0 Å². The fraction of sp³-hybridized carbons (Fsp3) is 0.273. The lowest BCUT2D eigenvalue weighted by molar-refractivity contribution is -0.0401. The van der Waals surface area contributed by atoms with Crippen LogP contribution in [-0.4, -0.2) is 28.7 Å². The molecule has 0 radical (unpaired) electrons. The van der Waals surface area contributed by atoms with E-state index in [9.17, 15) is 0 Å². The Bertz CT molecular complexity index is 487. The number of hydrogen-bond donors (Lipinski definition) is 0. The van der Waals surface area contributed by atoms with Crippen LogP contribution in [0.15, 0.2) is 35.1 Å². The Hall–Kier alpha value is -1.24. The van der Waals surface area contributed by atoms with Gasteiger partial charge in [0.1, 0.15) is 11.4 Å². The van der Waals surface area contributed by atoms with Crippen LogP contribution in [0.1, 0.15) is 5.69 Å². The van der Waals surface area contributed by atoms with E-state index in [2.05, 4.69) is 26.0 Å². The van der Waals surface area contributed by atoms with E-state index in [1.807, 2.05) is 30.5 Å². The maximum absolute atomic E-state index is 5.21. The second-order valence-electron chi connectivity index (χ2n) is 3.33. The topological polar surface area (TPSA) is 49.2 Å². The molecule has 2 rings (SSSR count). The quantitative estimate of drug-likeness (QED) is 0.482. The first-order chi connectivity index (χ1) is 8.29. The van der Waals surface area contributed by atoms with Crippen molar-refractivity contribution in [2.24, 2.45) is 0 Å². The largest absolute Gasteiger partial charge is 0.359 e. The van der Waals surface area contributed by atoms with Crippen molar-refractivity contribution < 1.29 is 9.47 Å². The van der Waals surface area contributed by atoms with Crippen LogP contribution in [0.2, 0.25) is 0 Å². The van der Waals surface area contributed by atoms with Crippen molar-refractivity contribution in [1.82, 2.24) is 14.8 Å². The first-order valence-electron chi connectivity index (χ1n) is 5.04. The van der Waals surface area contributed by atoms with Gasteiger partial charge in [-0.2, -0.15) is 5.10 Å². The van der Waals surface area contributed by atoms with Crippen molar-refractivity contribution in [2.45, 2.75) is 6.61 Å². The summed E-state index contributed by atoms with van der Waals surface area (Å²) in [6.07, 6.45) is 1.85. The maximum atomic E-state index is 5.21. The molecule has 2 aromatic heterocycles. The van der Waals surface area contributed by atoms with Gasteiger partial charge >= 0.3 is 0 Å². The van der Waals surface area contributed by atoms with Crippen LogP contribution in [0, 0.1) is 0 Å². The lowest BCUT2D eigenvalue weighted by atomic mass is 10.4. The van der Waals surface area contributed by atoms with Gasteiger partial charge < -0.3 is 9.47 Å². The molecule has 2 aromatic rings. The number of rotatable bonds is 5. The van der Waals surface area contributed by atoms with E-state index in [0.717, 1.165) is 16.1 Å². The van der Waals surface area contributed by atoms with Crippen LogP contribution < -0.4 is 0 Å². The fourth-order valence-corrected chi connectivity index (χ4v) is 1.66. The predicted octanol–water partition coefficient (Wildman–Crippen LogP) is 2.15. The van der Waals surface area contributed by atoms with Crippen molar-refractivity contribution >= 4 is 15.9 Å². The van der Waals surface area contributed by atoms with Gasteiger partial charge in [0.15, 0.2) is 5.82 Å². The summed E-state index contributed by atoms with van der Waals surface area (Å²) in [5.74, 6) is 0.761. The van der Waals surface area contributed by atoms with Gasteiger partial charge in [0, 0.05) is 13.3 Å². The highest BCUT2D eigenvalue weighted by Gasteiger charge is 2.02. The summed E-state index contributed by atoms with van der Waals surface area (Å²) in [5, 5.41) is 4.35. The summed E-state index contributed by atoms with van der Waals surface area (Å²) in [6, 6.07) is 7.56. The van der Waals surface area contributed by atoms with Gasteiger partial charge in [-0.15, -0.1) is 0 Å². The number of methoxy groups -OCH3 is 1. The van der Waals surface area contributed by atoms with E-state index in [1.165, 1.54) is 0 Å². The standard InChI is InChI=1S/C11H12BrN3O2/c1-16-8-17-7-9-5-6-15(14-9)11-4-2-3-10(12)13-11/h2-6H,7-8H2,1H3. The molecule has 0 bridgehead atoms. The predicted molar refractivity (Wildman–Crippen MR) is 65.7 cm³/mol. The Morgan fingerprint density at radius 2 is 2.24 bits per heavy atom. The molecular weight excluding hydrogens is 286 g/mol. The Kier molecular flexibility index (Phi) is 4.24. The van der Waals surface area contributed by atoms with Crippen LogP contribution >= 0.6 is 15.9 Å². The molecule has 0 atom stereocenters. The smallest absolute Gasteiger partial charge is 0.154 e. The number of pyridine rings is 1. The summed E-state index contributed by atoms with van der Waals surface area (Å²) in [4.78, 5) is 4.30. The minimum absolute atomic E-state index is 0.266. The number of aromatic nitrogens is 3. The zero-order valence-electron chi connectivity index (χ0n) is 9.34. The summed E-state index contributed by atoms with van der Waals surface area (Å²) < 4.78 is 12.5. The van der Waals surface area contributed by atoms with Gasteiger partial charge in [0.05, 0.1) is 12.3 Å². The number of nitrogens with zero attached hydrogens (tertiary/aromatic N) is 3. The van der Waals surface area contributed by atoms with Crippen LogP contribution in [0.3, 0.4) is 0 Å². The summed E-state index contributed by atoms with van der Waals surface area (Å²) in [6.45, 7) is 0.691. The minimum atomic E-state index is 0.266. The Balaban J connectivity index is 2.07. The zero-order chi connectivity index (χ0) is 12.1. The van der Waals surface area contributed by atoms with E-state index in [0.29, 0.717) is 6.61 Å². The average Bonchev–Trinajstić information content (AvgIpc) is 2.78. The van der Waals surface area contributed by atoms with Gasteiger partial charge in [-0.05, 0) is 34.1 Å². The third kappa shape index (κ3) is 3.36. The molecular formula is C11H12BrN3O2. The van der Waals surface area contributed by atoms with E-state index in [4.69, 9.17) is 9.47 Å². The molecule has 6 heteroatoms. The Labute approximate surface area is 108 Å². The molecule has 0 N–H and O–H groups in total. The molecule has 0 aliphatic carbocycles. The summed E-state index contributed by atoms with van der Waals surface area (Å²) in [7, 11) is 1.59. The van der Waals surface area contributed by atoms with Crippen LogP contribution in [0.4, 0.5) is 0 Å². The highest BCUT2D eigenvalue weighted by molar-refractivity contribution is 9.10. The molecule has 0 saturated carbocycles.